The molecule has 2 amide bonds. The Morgan fingerprint density at radius 3 is 2.36 bits per heavy atom. The third kappa shape index (κ3) is 5.42. The Morgan fingerprint density at radius 2 is 1.88 bits per heavy atom. The van der Waals surface area contributed by atoms with Crippen LogP contribution in [0.4, 0.5) is 18.9 Å². The quantitative estimate of drug-likeness (QED) is 0.577. The molecule has 0 aliphatic heterocycles. The molecule has 0 radical (unpaired) electrons. The van der Waals surface area contributed by atoms with Gasteiger partial charge in [0.05, 0.1) is 11.3 Å². The fraction of sp³-hybridized carbons (Fsp3) is 0.312. The molecular weight excluding hydrogens is 403 g/mol. The summed E-state index contributed by atoms with van der Waals surface area (Å²) in [5.74, 6) is -1.20. The summed E-state index contributed by atoms with van der Waals surface area (Å²) in [6, 6.07) is 3.19. The molecule has 25 heavy (non-hydrogen) atoms. The van der Waals surface area contributed by atoms with E-state index in [4.69, 9.17) is 0 Å². The first kappa shape index (κ1) is 20.9. The van der Waals surface area contributed by atoms with Gasteiger partial charge in [0.2, 0.25) is 0 Å². The van der Waals surface area contributed by atoms with Crippen molar-refractivity contribution in [3.05, 3.63) is 39.4 Å². The van der Waals surface area contributed by atoms with E-state index < -0.39 is 23.7 Å². The van der Waals surface area contributed by atoms with Crippen LogP contribution in [0.25, 0.3) is 0 Å². The summed E-state index contributed by atoms with van der Waals surface area (Å²) in [6.45, 7) is 2.90. The van der Waals surface area contributed by atoms with Crippen LogP contribution in [0.5, 0.6) is 0 Å². The minimum Gasteiger partial charge on any atom is -0.355 e. The Morgan fingerprint density at radius 1 is 1.28 bits per heavy atom. The average Bonchev–Trinajstić information content (AvgIpc) is 2.52. The first-order chi connectivity index (χ1) is 11.5. The Labute approximate surface area is 151 Å². The first-order valence-corrected chi connectivity index (χ1v) is 7.86. The van der Waals surface area contributed by atoms with Crippen molar-refractivity contribution in [3.8, 4) is 0 Å². The fourth-order valence-electron chi connectivity index (χ4n) is 1.98. The third-order valence-corrected chi connectivity index (χ3v) is 3.71. The largest absolute Gasteiger partial charge is 0.432 e. The summed E-state index contributed by atoms with van der Waals surface area (Å²) in [5, 5.41) is 4.94. The lowest BCUT2D eigenvalue weighted by Crippen LogP contribution is -2.24. The van der Waals surface area contributed by atoms with Gasteiger partial charge in [-0.15, -0.1) is 0 Å². The van der Waals surface area contributed by atoms with Crippen molar-refractivity contribution >= 4 is 39.1 Å². The van der Waals surface area contributed by atoms with E-state index in [2.05, 4.69) is 31.6 Å². The molecule has 1 aromatic carbocycles. The zero-order chi connectivity index (χ0) is 19.4. The molecule has 5 nitrogen and oxygen atoms in total. The number of anilines is 1. The summed E-state index contributed by atoms with van der Waals surface area (Å²) < 4.78 is 38.8. The number of rotatable bonds is 4. The Kier molecular flexibility index (Phi) is 6.92. The zero-order valence-corrected chi connectivity index (χ0v) is 15.6. The van der Waals surface area contributed by atoms with Crippen molar-refractivity contribution in [3.63, 3.8) is 0 Å². The number of aliphatic imine (C=N–C) groups is 1. The number of nitrogens with one attached hydrogen (secondary N) is 2. The van der Waals surface area contributed by atoms with E-state index >= 15 is 0 Å². The number of carbonyl (C=O) groups excluding carboxylic acids is 2. The lowest BCUT2D eigenvalue weighted by molar-refractivity contribution is -0.112. The van der Waals surface area contributed by atoms with E-state index in [1.807, 2.05) is 0 Å². The fourth-order valence-corrected chi connectivity index (χ4v) is 2.55. The van der Waals surface area contributed by atoms with Crippen LogP contribution in [0.15, 0.2) is 33.2 Å². The number of halogens is 4. The predicted molar refractivity (Wildman–Crippen MR) is 94.1 cm³/mol. The van der Waals surface area contributed by atoms with Crippen LogP contribution in [0.3, 0.4) is 0 Å². The molecule has 2 N–H and O–H groups in total. The normalized spacial score (nSPS) is 12.8. The molecule has 0 spiro atoms. The maximum atomic E-state index is 12.7. The van der Waals surface area contributed by atoms with Crippen molar-refractivity contribution in [2.75, 3.05) is 19.4 Å². The van der Waals surface area contributed by atoms with E-state index in [-0.39, 0.29) is 16.8 Å². The third-order valence-electron chi connectivity index (χ3n) is 3.25. The molecule has 1 aromatic rings. The number of nitrogens with zero attached hydrogens (tertiary/aromatic N) is 1. The second-order valence-electron chi connectivity index (χ2n) is 5.11. The van der Waals surface area contributed by atoms with E-state index in [1.165, 1.54) is 20.0 Å². The minimum atomic E-state index is -4.66. The van der Waals surface area contributed by atoms with Crippen LogP contribution in [-0.4, -0.2) is 37.8 Å². The van der Waals surface area contributed by atoms with Crippen LogP contribution in [-0.2, 0) is 4.79 Å². The van der Waals surface area contributed by atoms with Crippen molar-refractivity contribution in [1.82, 2.24) is 5.32 Å². The van der Waals surface area contributed by atoms with E-state index in [0.29, 0.717) is 16.1 Å². The number of hydrogen-bond donors (Lipinski definition) is 2. The van der Waals surface area contributed by atoms with Crippen molar-refractivity contribution in [1.29, 1.82) is 0 Å². The van der Waals surface area contributed by atoms with Gasteiger partial charge in [0.15, 0.2) is 0 Å². The van der Waals surface area contributed by atoms with E-state index in [1.54, 1.807) is 13.0 Å². The standard InChI is InChI=1S/C16H17BrF3N3O2/c1-8-5-10(17)7-11(15(25)22-4)13(8)23-14(24)9(2)6-12(21-3)16(18,19)20/h5-7H,1-4H3,(H,22,25)(H,23,24)/b9-6+,21-12?. The maximum absolute atomic E-state index is 12.7. The van der Waals surface area contributed by atoms with Gasteiger partial charge in [-0.2, -0.15) is 13.2 Å². The monoisotopic (exact) mass is 419 g/mol. The second-order valence-corrected chi connectivity index (χ2v) is 6.03. The minimum absolute atomic E-state index is 0.190. The highest BCUT2D eigenvalue weighted by atomic mass is 79.9. The number of allylic oxidation sites excluding steroid dienone is 1. The molecule has 0 saturated carbocycles. The van der Waals surface area contributed by atoms with Gasteiger partial charge < -0.3 is 10.6 Å². The van der Waals surface area contributed by atoms with Crippen LogP contribution < -0.4 is 10.6 Å². The van der Waals surface area contributed by atoms with Crippen LogP contribution in [0.1, 0.15) is 22.8 Å². The molecule has 0 unspecified atom stereocenters. The number of hydrogen-bond acceptors (Lipinski definition) is 3. The zero-order valence-electron chi connectivity index (χ0n) is 14.0. The molecule has 9 heteroatoms. The number of benzene rings is 1. The van der Waals surface area contributed by atoms with Gasteiger partial charge in [0.25, 0.3) is 11.8 Å². The number of alkyl halides is 3. The summed E-state index contributed by atoms with van der Waals surface area (Å²) in [4.78, 5) is 27.4. The molecule has 0 bridgehead atoms. The molecule has 0 heterocycles. The molecule has 0 saturated heterocycles. The van der Waals surface area contributed by atoms with Gasteiger partial charge in [-0.05, 0) is 37.6 Å². The van der Waals surface area contributed by atoms with E-state index in [9.17, 15) is 22.8 Å². The van der Waals surface area contributed by atoms with Gasteiger partial charge in [-0.25, -0.2) is 0 Å². The molecule has 136 valence electrons. The summed E-state index contributed by atoms with van der Waals surface area (Å²) >= 11 is 3.26. The number of aryl methyl sites for hydroxylation is 1. The van der Waals surface area contributed by atoms with Crippen molar-refractivity contribution in [2.45, 2.75) is 20.0 Å². The second kappa shape index (κ2) is 8.28. The van der Waals surface area contributed by atoms with Crippen LogP contribution in [0, 0.1) is 6.92 Å². The highest BCUT2D eigenvalue weighted by molar-refractivity contribution is 9.10. The summed E-state index contributed by atoms with van der Waals surface area (Å²) in [5.41, 5.74) is -0.366. The van der Waals surface area contributed by atoms with Crippen molar-refractivity contribution < 1.29 is 22.8 Å². The van der Waals surface area contributed by atoms with Gasteiger partial charge in [0, 0.05) is 24.1 Å². The first-order valence-electron chi connectivity index (χ1n) is 7.07. The predicted octanol–water partition coefficient (Wildman–Crippen LogP) is 3.64. The molecule has 0 aliphatic carbocycles. The lowest BCUT2D eigenvalue weighted by Gasteiger charge is -2.14. The highest BCUT2D eigenvalue weighted by Gasteiger charge is 2.34. The Bertz CT molecular complexity index is 756. The Hall–Kier alpha value is -2.16. The SMILES string of the molecule is CN=C(/C=C(\C)C(=O)Nc1c(C)cc(Br)cc1C(=O)NC)C(F)(F)F. The number of carbonyl (C=O) groups is 2. The Balaban J connectivity index is 3.22. The highest BCUT2D eigenvalue weighted by Crippen LogP contribution is 2.26. The summed E-state index contributed by atoms with van der Waals surface area (Å²) in [6.07, 6.45) is -4.00. The molecule has 0 atom stereocenters. The van der Waals surface area contributed by atoms with Crippen LogP contribution >= 0.6 is 15.9 Å². The average molecular weight is 420 g/mol. The van der Waals surface area contributed by atoms with Gasteiger partial charge >= 0.3 is 6.18 Å². The smallest absolute Gasteiger partial charge is 0.355 e. The van der Waals surface area contributed by atoms with Gasteiger partial charge in [0.1, 0.15) is 5.71 Å². The lowest BCUT2D eigenvalue weighted by atomic mass is 10.1. The van der Waals surface area contributed by atoms with E-state index in [0.717, 1.165) is 7.05 Å². The van der Waals surface area contributed by atoms with Gasteiger partial charge in [-0.1, -0.05) is 15.9 Å². The molecule has 0 aromatic heterocycles. The van der Waals surface area contributed by atoms with Gasteiger partial charge in [-0.3, -0.25) is 14.6 Å². The topological polar surface area (TPSA) is 70.6 Å². The van der Waals surface area contributed by atoms with Crippen molar-refractivity contribution in [2.24, 2.45) is 4.99 Å². The summed E-state index contributed by atoms with van der Waals surface area (Å²) in [7, 11) is 2.43. The van der Waals surface area contributed by atoms with Crippen LogP contribution in [0.2, 0.25) is 0 Å². The maximum Gasteiger partial charge on any atom is 0.432 e. The molecular formula is C16H17BrF3N3O2. The molecule has 0 fully saturated rings. The number of amides is 2. The molecule has 0 aliphatic rings. The molecule has 1 rings (SSSR count).